The third-order valence-electron chi connectivity index (χ3n) is 3.52. The minimum atomic E-state index is 1.20. The Morgan fingerprint density at radius 1 is 0.632 bits per heavy atom. The number of nitrogens with zero attached hydrogens (tertiary/aromatic N) is 1. The highest BCUT2D eigenvalue weighted by Gasteiger charge is 2.08. The summed E-state index contributed by atoms with van der Waals surface area (Å²) in [5.74, 6) is 0. The lowest BCUT2D eigenvalue weighted by molar-refractivity contribution is 1.08. The molecule has 94 valence electrons. The number of benzene rings is 2. The quantitative estimate of drug-likeness (QED) is 0.615. The van der Waals surface area contributed by atoms with E-state index in [-0.39, 0.29) is 0 Å². The molecule has 1 aromatic heterocycles. The minimum absolute atomic E-state index is 1.20. The highest BCUT2D eigenvalue weighted by molar-refractivity contribution is 5.70. The fraction of sp³-hybridized carbons (Fsp3) is 0.111. The van der Waals surface area contributed by atoms with E-state index in [1.165, 1.54) is 27.9 Å². The second-order valence-corrected chi connectivity index (χ2v) is 4.91. The molecule has 0 N–H and O–H groups in total. The van der Waals surface area contributed by atoms with Crippen LogP contribution < -0.4 is 0 Å². The Bertz CT molecular complexity index is 693. The molecule has 0 amide bonds. The number of hydrogen-bond acceptors (Lipinski definition) is 0. The average molecular weight is 247 g/mol. The van der Waals surface area contributed by atoms with Crippen molar-refractivity contribution < 1.29 is 0 Å². The van der Waals surface area contributed by atoms with Crippen LogP contribution in [0, 0.1) is 13.8 Å². The number of aromatic nitrogens is 1. The van der Waals surface area contributed by atoms with Crippen molar-refractivity contribution in [2.75, 3.05) is 0 Å². The predicted molar refractivity (Wildman–Crippen MR) is 80.7 cm³/mol. The van der Waals surface area contributed by atoms with E-state index < -0.39 is 0 Å². The standard InChI is InChI=1S/C18H17N/c1-14-8-6-7-11-17(14)18-13-19(12-15(18)2)16-9-4-3-5-10-16/h3-13H,1-2H3. The van der Waals surface area contributed by atoms with E-state index in [9.17, 15) is 0 Å². The van der Waals surface area contributed by atoms with E-state index in [1.54, 1.807) is 0 Å². The zero-order valence-electron chi connectivity index (χ0n) is 11.3. The highest BCUT2D eigenvalue weighted by atomic mass is 14.9. The van der Waals surface area contributed by atoms with Crippen LogP contribution in [0.2, 0.25) is 0 Å². The maximum absolute atomic E-state index is 2.22. The normalized spacial score (nSPS) is 10.6. The summed E-state index contributed by atoms with van der Waals surface area (Å²) in [5.41, 5.74) is 6.44. The Labute approximate surface area is 114 Å². The molecule has 1 heterocycles. The molecule has 0 radical (unpaired) electrons. The van der Waals surface area contributed by atoms with Gasteiger partial charge >= 0.3 is 0 Å². The molecule has 0 saturated heterocycles. The van der Waals surface area contributed by atoms with Crippen molar-refractivity contribution in [1.82, 2.24) is 4.57 Å². The molecular formula is C18H17N. The summed E-state index contributed by atoms with van der Waals surface area (Å²) in [6.45, 7) is 4.33. The third-order valence-corrected chi connectivity index (χ3v) is 3.52. The van der Waals surface area contributed by atoms with Gasteiger partial charge in [-0.05, 0) is 42.7 Å². The highest BCUT2D eigenvalue weighted by Crippen LogP contribution is 2.28. The van der Waals surface area contributed by atoms with E-state index in [0.717, 1.165) is 0 Å². The van der Waals surface area contributed by atoms with Gasteiger partial charge in [0.1, 0.15) is 0 Å². The molecule has 3 rings (SSSR count). The van der Waals surface area contributed by atoms with E-state index in [2.05, 4.69) is 79.3 Å². The number of para-hydroxylation sites is 1. The van der Waals surface area contributed by atoms with Crippen LogP contribution in [0.5, 0.6) is 0 Å². The SMILES string of the molecule is Cc1ccccc1-c1cn(-c2ccccc2)cc1C. The average Bonchev–Trinajstić information content (AvgIpc) is 2.82. The van der Waals surface area contributed by atoms with Crippen molar-refractivity contribution in [2.24, 2.45) is 0 Å². The van der Waals surface area contributed by atoms with Crippen molar-refractivity contribution >= 4 is 0 Å². The topological polar surface area (TPSA) is 4.93 Å². The minimum Gasteiger partial charge on any atom is -0.323 e. The molecule has 3 aromatic rings. The van der Waals surface area contributed by atoms with Gasteiger partial charge in [-0.15, -0.1) is 0 Å². The van der Waals surface area contributed by atoms with Crippen LogP contribution in [0.15, 0.2) is 67.0 Å². The summed E-state index contributed by atoms with van der Waals surface area (Å²) in [4.78, 5) is 0. The predicted octanol–water partition coefficient (Wildman–Crippen LogP) is 4.76. The van der Waals surface area contributed by atoms with Crippen LogP contribution >= 0.6 is 0 Å². The van der Waals surface area contributed by atoms with Crippen molar-refractivity contribution in [3.05, 3.63) is 78.1 Å². The van der Waals surface area contributed by atoms with Gasteiger partial charge in [0.2, 0.25) is 0 Å². The summed E-state index contributed by atoms with van der Waals surface area (Å²) in [7, 11) is 0. The third kappa shape index (κ3) is 2.19. The van der Waals surface area contributed by atoms with Crippen molar-refractivity contribution in [3.63, 3.8) is 0 Å². The van der Waals surface area contributed by atoms with Gasteiger partial charge in [-0.2, -0.15) is 0 Å². The molecule has 0 atom stereocenters. The van der Waals surface area contributed by atoms with Crippen LogP contribution in [0.25, 0.3) is 16.8 Å². The summed E-state index contributed by atoms with van der Waals surface area (Å²) in [6.07, 6.45) is 4.41. The Morgan fingerprint density at radius 2 is 1.32 bits per heavy atom. The first-order valence-corrected chi connectivity index (χ1v) is 6.56. The van der Waals surface area contributed by atoms with E-state index >= 15 is 0 Å². The monoisotopic (exact) mass is 247 g/mol. The molecule has 0 saturated carbocycles. The first-order valence-electron chi connectivity index (χ1n) is 6.56. The molecule has 19 heavy (non-hydrogen) atoms. The molecule has 0 aliphatic rings. The van der Waals surface area contributed by atoms with Gasteiger partial charge in [0, 0.05) is 23.6 Å². The Kier molecular flexibility index (Phi) is 2.96. The summed E-state index contributed by atoms with van der Waals surface area (Å²) >= 11 is 0. The first kappa shape index (κ1) is 11.8. The second-order valence-electron chi connectivity index (χ2n) is 4.91. The molecule has 1 nitrogen and oxygen atoms in total. The van der Waals surface area contributed by atoms with Crippen molar-refractivity contribution in [2.45, 2.75) is 13.8 Å². The van der Waals surface area contributed by atoms with Gasteiger partial charge in [-0.3, -0.25) is 0 Å². The number of rotatable bonds is 2. The van der Waals surface area contributed by atoms with E-state index in [0.29, 0.717) is 0 Å². The Morgan fingerprint density at radius 3 is 2.05 bits per heavy atom. The van der Waals surface area contributed by atoms with Crippen LogP contribution in [-0.4, -0.2) is 4.57 Å². The summed E-state index contributed by atoms with van der Waals surface area (Å²) in [5, 5.41) is 0. The lowest BCUT2D eigenvalue weighted by atomic mass is 10.0. The van der Waals surface area contributed by atoms with Gasteiger partial charge in [-0.25, -0.2) is 0 Å². The van der Waals surface area contributed by atoms with Crippen molar-refractivity contribution in [3.8, 4) is 16.8 Å². The molecule has 0 aliphatic carbocycles. The molecule has 2 aromatic carbocycles. The molecule has 0 fully saturated rings. The zero-order chi connectivity index (χ0) is 13.2. The lowest BCUT2D eigenvalue weighted by Crippen LogP contribution is -1.88. The van der Waals surface area contributed by atoms with Gasteiger partial charge in [0.05, 0.1) is 0 Å². The van der Waals surface area contributed by atoms with E-state index in [1.807, 2.05) is 6.07 Å². The molecule has 0 aliphatic heterocycles. The fourth-order valence-electron chi connectivity index (χ4n) is 2.46. The Hall–Kier alpha value is -2.28. The molecule has 0 spiro atoms. The number of hydrogen-bond donors (Lipinski definition) is 0. The molecule has 0 unspecified atom stereocenters. The van der Waals surface area contributed by atoms with Crippen LogP contribution in [0.4, 0.5) is 0 Å². The van der Waals surface area contributed by atoms with E-state index in [4.69, 9.17) is 0 Å². The maximum atomic E-state index is 2.22. The summed E-state index contributed by atoms with van der Waals surface area (Å²) < 4.78 is 2.19. The first-order chi connectivity index (χ1) is 9.25. The molecule has 0 bridgehead atoms. The lowest BCUT2D eigenvalue weighted by Gasteiger charge is -2.04. The van der Waals surface area contributed by atoms with Gasteiger partial charge in [0.15, 0.2) is 0 Å². The van der Waals surface area contributed by atoms with Crippen LogP contribution in [0.3, 0.4) is 0 Å². The second kappa shape index (κ2) is 4.77. The van der Waals surface area contributed by atoms with Gasteiger partial charge < -0.3 is 4.57 Å². The Balaban J connectivity index is 2.11. The van der Waals surface area contributed by atoms with Crippen LogP contribution in [0.1, 0.15) is 11.1 Å². The molecule has 1 heteroatoms. The fourth-order valence-corrected chi connectivity index (χ4v) is 2.46. The molecular weight excluding hydrogens is 230 g/mol. The smallest absolute Gasteiger partial charge is 0.0449 e. The largest absolute Gasteiger partial charge is 0.323 e. The number of aryl methyl sites for hydroxylation is 2. The van der Waals surface area contributed by atoms with Crippen LogP contribution in [-0.2, 0) is 0 Å². The summed E-state index contributed by atoms with van der Waals surface area (Å²) in [6, 6.07) is 19.0. The van der Waals surface area contributed by atoms with Crippen molar-refractivity contribution in [1.29, 1.82) is 0 Å². The zero-order valence-corrected chi connectivity index (χ0v) is 11.3. The van der Waals surface area contributed by atoms with Gasteiger partial charge in [-0.1, -0.05) is 42.5 Å². The van der Waals surface area contributed by atoms with Gasteiger partial charge in [0.25, 0.3) is 0 Å². The maximum Gasteiger partial charge on any atom is 0.0449 e.